The van der Waals surface area contributed by atoms with Crippen molar-refractivity contribution >= 4 is 34.7 Å². The van der Waals surface area contributed by atoms with Gasteiger partial charge < -0.3 is 15.0 Å². The number of carbonyl (C=O) groups excluding carboxylic acids is 1. The predicted molar refractivity (Wildman–Crippen MR) is 107 cm³/mol. The Labute approximate surface area is 164 Å². The smallest absolute Gasteiger partial charge is 0.407 e. The van der Waals surface area contributed by atoms with Crippen molar-refractivity contribution in [2.75, 3.05) is 36.9 Å². The van der Waals surface area contributed by atoms with E-state index in [0.717, 1.165) is 47.3 Å². The molecule has 1 aliphatic heterocycles. The lowest BCUT2D eigenvalue weighted by Crippen LogP contribution is -2.30. The fourth-order valence-electron chi connectivity index (χ4n) is 3.14. The summed E-state index contributed by atoms with van der Waals surface area (Å²) in [6.45, 7) is 7.34. The second-order valence-corrected chi connectivity index (χ2v) is 7.54. The number of piperidine rings is 1. The Hall–Kier alpha value is -2.03. The first-order valence-electron chi connectivity index (χ1n) is 9.74. The summed E-state index contributed by atoms with van der Waals surface area (Å²) in [4.78, 5) is 23.4. The molecule has 1 fully saturated rings. The second-order valence-electron chi connectivity index (χ2n) is 6.48. The van der Waals surface area contributed by atoms with Gasteiger partial charge in [0, 0.05) is 25.4 Å². The molecule has 1 saturated heterocycles. The number of nitrogens with one attached hydrogen (secondary N) is 1. The lowest BCUT2D eigenvalue weighted by atomic mass is 10.1. The maximum absolute atomic E-state index is 11.5. The van der Waals surface area contributed by atoms with Crippen LogP contribution in [0.5, 0.6) is 0 Å². The molecule has 1 amide bonds. The quantitative estimate of drug-likeness (QED) is 0.546. The number of amides is 1. The van der Waals surface area contributed by atoms with Crippen LogP contribution in [0.1, 0.15) is 39.5 Å². The van der Waals surface area contributed by atoms with Crippen molar-refractivity contribution < 1.29 is 9.53 Å². The lowest BCUT2D eigenvalue weighted by Gasteiger charge is -2.28. The number of hydrogen-bond acceptors (Lipinski definition) is 7. The molecule has 0 aliphatic carbocycles. The molecule has 0 bridgehead atoms. The minimum Gasteiger partial charge on any atom is -0.450 e. The van der Waals surface area contributed by atoms with Crippen LogP contribution in [-0.2, 0) is 11.3 Å². The monoisotopic (exact) mass is 392 g/mol. The van der Waals surface area contributed by atoms with Gasteiger partial charge in [0.15, 0.2) is 10.8 Å². The molecule has 1 aliphatic rings. The molecule has 1 N–H and O–H groups in total. The molecule has 0 spiro atoms. The molecule has 0 unspecified atom stereocenters. The lowest BCUT2D eigenvalue weighted by molar-refractivity contribution is 0.152. The van der Waals surface area contributed by atoms with E-state index < -0.39 is 6.09 Å². The van der Waals surface area contributed by atoms with Crippen molar-refractivity contribution in [2.45, 2.75) is 51.2 Å². The van der Waals surface area contributed by atoms with E-state index in [1.165, 1.54) is 19.3 Å². The van der Waals surface area contributed by atoms with Gasteiger partial charge in [0.25, 0.3) is 0 Å². The van der Waals surface area contributed by atoms with Gasteiger partial charge in [-0.3, -0.25) is 0 Å². The van der Waals surface area contributed by atoms with Crippen molar-refractivity contribution in [3.05, 3.63) is 6.20 Å². The molecule has 3 heterocycles. The fourth-order valence-corrected chi connectivity index (χ4v) is 3.82. The van der Waals surface area contributed by atoms with E-state index in [0.29, 0.717) is 19.7 Å². The summed E-state index contributed by atoms with van der Waals surface area (Å²) in [6, 6.07) is 0. The van der Waals surface area contributed by atoms with Crippen LogP contribution >= 0.6 is 11.8 Å². The Balaban J connectivity index is 1.83. The highest BCUT2D eigenvalue weighted by atomic mass is 32.2. The number of aromatic nitrogens is 4. The summed E-state index contributed by atoms with van der Waals surface area (Å²) in [5, 5.41) is 9.01. The van der Waals surface area contributed by atoms with Gasteiger partial charge in [-0.05, 0) is 32.6 Å². The molecule has 2 aromatic rings. The number of thioether (sulfide) groups is 1. The Bertz CT molecular complexity index is 760. The minimum atomic E-state index is -0.406. The highest BCUT2D eigenvalue weighted by Crippen LogP contribution is 2.29. The molecule has 0 atom stereocenters. The number of anilines is 1. The maximum Gasteiger partial charge on any atom is 0.407 e. The van der Waals surface area contributed by atoms with Gasteiger partial charge in [-0.2, -0.15) is 5.10 Å². The van der Waals surface area contributed by atoms with Crippen molar-refractivity contribution in [2.24, 2.45) is 0 Å². The van der Waals surface area contributed by atoms with Crippen LogP contribution in [0.3, 0.4) is 0 Å². The number of carbonyl (C=O) groups is 1. The van der Waals surface area contributed by atoms with Gasteiger partial charge >= 0.3 is 6.09 Å². The molecular weight excluding hydrogens is 364 g/mol. The number of alkyl carbamates (subject to hydrolysis) is 1. The molecule has 148 valence electrons. The van der Waals surface area contributed by atoms with Crippen LogP contribution in [-0.4, -0.2) is 57.8 Å². The normalized spacial score (nSPS) is 14.5. The highest BCUT2D eigenvalue weighted by molar-refractivity contribution is 7.99. The van der Waals surface area contributed by atoms with E-state index in [2.05, 4.69) is 22.2 Å². The molecule has 3 rings (SSSR count). The van der Waals surface area contributed by atoms with E-state index in [4.69, 9.17) is 14.7 Å². The zero-order chi connectivity index (χ0) is 19.1. The zero-order valence-corrected chi connectivity index (χ0v) is 16.9. The molecule has 0 aromatic carbocycles. The summed E-state index contributed by atoms with van der Waals surface area (Å²) >= 11 is 1.68. The van der Waals surface area contributed by atoms with E-state index in [9.17, 15) is 4.79 Å². The standard InChI is InChI=1S/C18H28N6O2S/c1-3-12-27-17-21-15(23-9-6-5-7-10-23)14-13-20-24(16(14)22-17)11-8-19-18(25)26-4-2/h13H,3-12H2,1-2H3,(H,19,25). The Morgan fingerprint density at radius 2 is 2.07 bits per heavy atom. The highest BCUT2D eigenvalue weighted by Gasteiger charge is 2.20. The van der Waals surface area contributed by atoms with Gasteiger partial charge in [0.1, 0.15) is 5.82 Å². The third-order valence-corrected chi connectivity index (χ3v) is 5.47. The third kappa shape index (κ3) is 5.03. The van der Waals surface area contributed by atoms with Crippen LogP contribution in [0.15, 0.2) is 11.4 Å². The SMILES string of the molecule is CCCSc1nc(N2CCCCC2)c2cnn(CCNC(=O)OCC)c2n1. The summed E-state index contributed by atoms with van der Waals surface area (Å²) in [5.41, 5.74) is 0.829. The fraction of sp³-hybridized carbons (Fsp3) is 0.667. The molecule has 8 nitrogen and oxygen atoms in total. The molecule has 2 aromatic heterocycles. The van der Waals surface area contributed by atoms with E-state index in [1.807, 2.05) is 10.9 Å². The van der Waals surface area contributed by atoms with Gasteiger partial charge in [0.2, 0.25) is 0 Å². The summed E-state index contributed by atoms with van der Waals surface area (Å²) in [5.74, 6) is 1.98. The van der Waals surface area contributed by atoms with Crippen LogP contribution in [0.4, 0.5) is 10.6 Å². The zero-order valence-electron chi connectivity index (χ0n) is 16.1. The predicted octanol–water partition coefficient (Wildman–Crippen LogP) is 3.06. The van der Waals surface area contributed by atoms with Crippen molar-refractivity contribution in [1.82, 2.24) is 25.1 Å². The van der Waals surface area contributed by atoms with Crippen molar-refractivity contribution in [3.8, 4) is 0 Å². The largest absolute Gasteiger partial charge is 0.450 e. The Morgan fingerprint density at radius 1 is 1.26 bits per heavy atom. The number of nitrogens with zero attached hydrogens (tertiary/aromatic N) is 5. The first kappa shape index (κ1) is 19.7. The summed E-state index contributed by atoms with van der Waals surface area (Å²) in [7, 11) is 0. The van der Waals surface area contributed by atoms with Gasteiger partial charge in [-0.15, -0.1) is 0 Å². The number of fused-ring (bicyclic) bond motifs is 1. The van der Waals surface area contributed by atoms with Crippen LogP contribution in [0, 0.1) is 0 Å². The van der Waals surface area contributed by atoms with Crippen molar-refractivity contribution in [3.63, 3.8) is 0 Å². The number of ether oxygens (including phenoxy) is 1. The van der Waals surface area contributed by atoms with E-state index >= 15 is 0 Å². The Kier molecular flexibility index (Phi) is 7.14. The van der Waals surface area contributed by atoms with Gasteiger partial charge in [-0.1, -0.05) is 18.7 Å². The third-order valence-electron chi connectivity index (χ3n) is 4.41. The van der Waals surface area contributed by atoms with Gasteiger partial charge in [0.05, 0.1) is 24.7 Å². The van der Waals surface area contributed by atoms with Crippen LogP contribution < -0.4 is 10.2 Å². The molecule has 0 radical (unpaired) electrons. The number of rotatable bonds is 8. The van der Waals surface area contributed by atoms with Crippen LogP contribution in [0.2, 0.25) is 0 Å². The topological polar surface area (TPSA) is 85.2 Å². The average molecular weight is 393 g/mol. The minimum absolute atomic E-state index is 0.362. The van der Waals surface area contributed by atoms with E-state index in [1.54, 1.807) is 18.7 Å². The van der Waals surface area contributed by atoms with E-state index in [-0.39, 0.29) is 0 Å². The number of hydrogen-bond donors (Lipinski definition) is 1. The van der Waals surface area contributed by atoms with Crippen LogP contribution in [0.25, 0.3) is 11.0 Å². The average Bonchev–Trinajstić information content (AvgIpc) is 3.09. The summed E-state index contributed by atoms with van der Waals surface area (Å²) < 4.78 is 6.74. The van der Waals surface area contributed by atoms with Crippen molar-refractivity contribution in [1.29, 1.82) is 0 Å². The molecule has 27 heavy (non-hydrogen) atoms. The molecule has 0 saturated carbocycles. The Morgan fingerprint density at radius 3 is 2.81 bits per heavy atom. The molecule has 9 heteroatoms. The first-order valence-corrected chi connectivity index (χ1v) is 10.7. The first-order chi connectivity index (χ1) is 13.2. The second kappa shape index (κ2) is 9.77. The summed E-state index contributed by atoms with van der Waals surface area (Å²) in [6.07, 6.45) is 6.19. The molecular formula is C18H28N6O2S. The van der Waals surface area contributed by atoms with Gasteiger partial charge in [-0.25, -0.2) is 19.4 Å². The maximum atomic E-state index is 11.5.